The maximum atomic E-state index is 13.9. The molecule has 1 saturated carbocycles. The lowest BCUT2D eigenvalue weighted by atomic mass is 9.81. The summed E-state index contributed by atoms with van der Waals surface area (Å²) in [7, 11) is 3.89. The molecule has 0 radical (unpaired) electrons. The van der Waals surface area contributed by atoms with Crippen LogP contribution in [0.15, 0.2) is 71.9 Å². The van der Waals surface area contributed by atoms with Gasteiger partial charge in [-0.1, -0.05) is 36.4 Å². The summed E-state index contributed by atoms with van der Waals surface area (Å²) in [5.74, 6) is 0.642. The molecule has 3 amide bonds. The molecule has 3 aromatic rings. The van der Waals surface area contributed by atoms with Gasteiger partial charge in [-0.25, -0.2) is 9.78 Å². The lowest BCUT2D eigenvalue weighted by Crippen LogP contribution is -2.48. The second-order valence-corrected chi connectivity index (χ2v) is 15.1. The van der Waals surface area contributed by atoms with E-state index < -0.39 is 17.7 Å². The number of carbonyl (C=O) groups excluding carboxylic acids is 3. The molecule has 5 rings (SSSR count). The summed E-state index contributed by atoms with van der Waals surface area (Å²) in [6.07, 6.45) is 4.80. The third-order valence-electron chi connectivity index (χ3n) is 9.97. The highest BCUT2D eigenvalue weighted by molar-refractivity contribution is 6.00. The molecule has 3 N–H and O–H groups in total. The number of aliphatic imine (C=N–C) groups is 1. The van der Waals surface area contributed by atoms with Crippen LogP contribution in [0.2, 0.25) is 0 Å². The number of nitrogens with one attached hydrogen (secondary N) is 3. The molecule has 0 spiro atoms. The summed E-state index contributed by atoms with van der Waals surface area (Å²) >= 11 is 0. The molecule has 1 aliphatic carbocycles. The number of pyridine rings is 1. The summed E-state index contributed by atoms with van der Waals surface area (Å²) in [6, 6.07) is 19.0. The smallest absolute Gasteiger partial charge is 0.407 e. The number of hydrogen-bond acceptors (Lipinski definition) is 8. The van der Waals surface area contributed by atoms with Crippen LogP contribution in [0, 0.1) is 11.8 Å². The minimum Gasteiger partial charge on any atom is -0.444 e. The molecule has 2 heterocycles. The molecule has 1 saturated heterocycles. The van der Waals surface area contributed by atoms with E-state index in [-0.39, 0.29) is 23.7 Å². The van der Waals surface area contributed by atoms with E-state index in [4.69, 9.17) is 9.72 Å². The van der Waals surface area contributed by atoms with E-state index in [0.717, 1.165) is 72.8 Å². The molecule has 1 aliphatic heterocycles. The number of carbonyl (C=O) groups is 3. The van der Waals surface area contributed by atoms with Crippen molar-refractivity contribution < 1.29 is 19.1 Å². The number of ether oxygens (including phenoxy) is 1. The first-order valence-corrected chi connectivity index (χ1v) is 18.5. The van der Waals surface area contributed by atoms with E-state index in [1.807, 2.05) is 76.4 Å². The van der Waals surface area contributed by atoms with E-state index in [2.05, 4.69) is 56.0 Å². The summed E-state index contributed by atoms with van der Waals surface area (Å²) < 4.78 is 5.37. The molecule has 2 fully saturated rings. The van der Waals surface area contributed by atoms with E-state index in [1.165, 1.54) is 0 Å². The Kier molecular flexibility index (Phi) is 13.0. The van der Waals surface area contributed by atoms with Gasteiger partial charge in [0.05, 0.1) is 0 Å². The Hall–Kier alpha value is -4.77. The SMILES string of the molecule is CN=C(C)c1ccc(NC(=O)C(Cc2cccc(-c3ccc(N4CCN(C)CC4)nc3)c2)NC(=O)C2CCC(CNC(=O)OC(C)(C)C)CC2)cc1. The normalized spacial score (nSPS) is 19.0. The topological polar surface area (TPSA) is 128 Å². The van der Waals surface area contributed by atoms with Crippen molar-refractivity contribution in [1.29, 1.82) is 0 Å². The molecular formula is C41H55N7O4. The van der Waals surface area contributed by atoms with Gasteiger partial charge in [0.25, 0.3) is 0 Å². The first-order valence-electron chi connectivity index (χ1n) is 18.5. The average molecular weight is 710 g/mol. The molecule has 11 nitrogen and oxygen atoms in total. The van der Waals surface area contributed by atoms with Crippen LogP contribution in [0.25, 0.3) is 11.1 Å². The number of likely N-dealkylation sites (N-methyl/N-ethyl adjacent to an activating group) is 1. The Labute approximate surface area is 308 Å². The molecule has 0 bridgehead atoms. The maximum Gasteiger partial charge on any atom is 0.407 e. The lowest BCUT2D eigenvalue weighted by Gasteiger charge is -2.33. The number of hydrogen-bond donors (Lipinski definition) is 3. The van der Waals surface area contributed by atoms with Crippen LogP contribution in [0.3, 0.4) is 0 Å². The predicted octanol–water partition coefficient (Wildman–Crippen LogP) is 5.94. The van der Waals surface area contributed by atoms with Crippen molar-refractivity contribution >= 4 is 35.1 Å². The zero-order valence-electron chi connectivity index (χ0n) is 31.6. The Morgan fingerprint density at radius 2 is 1.65 bits per heavy atom. The summed E-state index contributed by atoms with van der Waals surface area (Å²) in [6.45, 7) is 11.9. The largest absolute Gasteiger partial charge is 0.444 e. The number of alkyl carbamates (subject to hydrolysis) is 1. The van der Waals surface area contributed by atoms with Crippen LogP contribution in [0.1, 0.15) is 64.5 Å². The quantitative estimate of drug-likeness (QED) is 0.211. The standard InChI is InChI=1S/C41H55N7O4/c1-28(42-5)31-14-17-35(18-15-31)45-39(50)36(46-38(49)32-12-10-29(11-13-32)26-44-40(51)52-41(2,3)4)25-30-8-7-9-33(24-30)34-16-19-37(43-27-34)48-22-20-47(6)21-23-48/h7-9,14-19,24,27,29,32,36H,10-13,20-23,25-26H2,1-6H3,(H,44,51)(H,45,50)(H,46,49). The number of benzene rings is 2. The zero-order chi connectivity index (χ0) is 37.3. The Morgan fingerprint density at radius 1 is 0.942 bits per heavy atom. The number of nitrogens with zero attached hydrogens (tertiary/aromatic N) is 4. The second-order valence-electron chi connectivity index (χ2n) is 15.1. The molecular weight excluding hydrogens is 654 g/mol. The molecule has 2 aromatic carbocycles. The minimum atomic E-state index is -0.786. The summed E-state index contributed by atoms with van der Waals surface area (Å²) in [4.78, 5) is 53.3. The molecule has 1 atom stereocenters. The third-order valence-corrected chi connectivity index (χ3v) is 9.97. The summed E-state index contributed by atoms with van der Waals surface area (Å²) in [5.41, 5.74) is 4.91. The van der Waals surface area contributed by atoms with Gasteiger partial charge in [0, 0.05) is 75.3 Å². The number of aromatic nitrogens is 1. The maximum absolute atomic E-state index is 13.9. The Bertz CT molecular complexity index is 1690. The zero-order valence-corrected chi connectivity index (χ0v) is 31.6. The molecule has 52 heavy (non-hydrogen) atoms. The number of amides is 3. The van der Waals surface area contributed by atoms with E-state index in [0.29, 0.717) is 31.5 Å². The highest BCUT2D eigenvalue weighted by Crippen LogP contribution is 2.29. The fourth-order valence-electron chi connectivity index (χ4n) is 6.72. The minimum absolute atomic E-state index is 0.122. The highest BCUT2D eigenvalue weighted by Gasteiger charge is 2.30. The van der Waals surface area contributed by atoms with Crippen LogP contribution < -0.4 is 20.9 Å². The van der Waals surface area contributed by atoms with E-state index in [9.17, 15) is 14.4 Å². The second kappa shape index (κ2) is 17.6. The van der Waals surface area contributed by atoms with Crippen LogP contribution in [-0.4, -0.2) is 92.0 Å². The average Bonchev–Trinajstić information content (AvgIpc) is 3.13. The van der Waals surface area contributed by atoms with Crippen molar-refractivity contribution in [3.63, 3.8) is 0 Å². The van der Waals surface area contributed by atoms with Gasteiger partial charge in [-0.3, -0.25) is 14.6 Å². The van der Waals surface area contributed by atoms with Crippen molar-refractivity contribution in [2.45, 2.75) is 71.4 Å². The Morgan fingerprint density at radius 3 is 2.29 bits per heavy atom. The van der Waals surface area contributed by atoms with Gasteiger partial charge < -0.3 is 30.5 Å². The molecule has 278 valence electrons. The van der Waals surface area contributed by atoms with Gasteiger partial charge in [0.1, 0.15) is 17.5 Å². The molecule has 1 unspecified atom stereocenters. The monoisotopic (exact) mass is 709 g/mol. The van der Waals surface area contributed by atoms with Crippen molar-refractivity contribution in [1.82, 2.24) is 20.5 Å². The van der Waals surface area contributed by atoms with Gasteiger partial charge in [-0.05, 0) is 107 Å². The van der Waals surface area contributed by atoms with Crippen LogP contribution >= 0.6 is 0 Å². The van der Waals surface area contributed by atoms with Crippen molar-refractivity contribution in [3.8, 4) is 11.1 Å². The third kappa shape index (κ3) is 11.1. The van der Waals surface area contributed by atoms with E-state index in [1.54, 1.807) is 7.05 Å². The number of piperazine rings is 1. The van der Waals surface area contributed by atoms with E-state index >= 15 is 0 Å². The molecule has 2 aliphatic rings. The van der Waals surface area contributed by atoms with Gasteiger partial charge >= 0.3 is 6.09 Å². The lowest BCUT2D eigenvalue weighted by molar-refractivity contribution is -0.130. The van der Waals surface area contributed by atoms with Gasteiger partial charge in [0.15, 0.2) is 0 Å². The predicted molar refractivity (Wildman–Crippen MR) is 208 cm³/mol. The number of anilines is 2. The van der Waals surface area contributed by atoms with Crippen LogP contribution in [0.5, 0.6) is 0 Å². The molecule has 11 heteroatoms. The summed E-state index contributed by atoms with van der Waals surface area (Å²) in [5, 5.41) is 9.01. The first-order chi connectivity index (χ1) is 24.9. The van der Waals surface area contributed by atoms with Crippen LogP contribution in [0.4, 0.5) is 16.3 Å². The van der Waals surface area contributed by atoms with Crippen molar-refractivity contribution in [3.05, 3.63) is 78.0 Å². The van der Waals surface area contributed by atoms with Crippen LogP contribution in [-0.2, 0) is 20.7 Å². The van der Waals surface area contributed by atoms with Gasteiger partial charge in [-0.15, -0.1) is 0 Å². The fraction of sp³-hybridized carbons (Fsp3) is 0.488. The van der Waals surface area contributed by atoms with Gasteiger partial charge in [-0.2, -0.15) is 0 Å². The molecule has 1 aromatic heterocycles. The van der Waals surface area contributed by atoms with Gasteiger partial charge in [0.2, 0.25) is 11.8 Å². The van der Waals surface area contributed by atoms with Crippen molar-refractivity contribution in [2.75, 3.05) is 57.0 Å². The van der Waals surface area contributed by atoms with Crippen molar-refractivity contribution in [2.24, 2.45) is 16.8 Å². The Balaban J connectivity index is 1.25. The number of rotatable bonds is 11. The highest BCUT2D eigenvalue weighted by atomic mass is 16.6. The first kappa shape index (κ1) is 38.5. The fourth-order valence-corrected chi connectivity index (χ4v) is 6.72.